The summed E-state index contributed by atoms with van der Waals surface area (Å²) in [5, 5.41) is 6.24. The van der Waals surface area contributed by atoms with Crippen LogP contribution in [-0.4, -0.2) is 38.3 Å². The van der Waals surface area contributed by atoms with Gasteiger partial charge >= 0.3 is 0 Å². The minimum atomic E-state index is -0.115. The number of piperidine rings is 1. The van der Waals surface area contributed by atoms with Gasteiger partial charge in [0.2, 0.25) is 5.91 Å². The predicted molar refractivity (Wildman–Crippen MR) is 82.2 cm³/mol. The second-order valence-electron chi connectivity index (χ2n) is 5.27. The van der Waals surface area contributed by atoms with Gasteiger partial charge in [-0.25, -0.2) is 0 Å². The maximum Gasteiger partial charge on any atom is 0.223 e. The molecule has 0 aromatic heterocycles. The lowest BCUT2D eigenvalue weighted by molar-refractivity contribution is -0.126. The van der Waals surface area contributed by atoms with Crippen molar-refractivity contribution in [2.75, 3.05) is 26.2 Å². The highest BCUT2D eigenvalue weighted by Gasteiger charge is 2.24. The molecule has 0 spiro atoms. The third-order valence-electron chi connectivity index (χ3n) is 3.78. The van der Waals surface area contributed by atoms with E-state index in [1.54, 1.807) is 0 Å². The normalized spacial score (nSPS) is 21.2. The van der Waals surface area contributed by atoms with Crippen LogP contribution in [0.4, 0.5) is 0 Å². The molecule has 2 N–H and O–H groups in total. The van der Waals surface area contributed by atoms with Crippen LogP contribution in [0.15, 0.2) is 24.3 Å². The van der Waals surface area contributed by atoms with E-state index in [0.29, 0.717) is 13.2 Å². The summed E-state index contributed by atoms with van der Waals surface area (Å²) in [6, 6.07) is 7.61. The first kappa shape index (κ1) is 15.9. The van der Waals surface area contributed by atoms with Gasteiger partial charge in [0.25, 0.3) is 0 Å². The quantitative estimate of drug-likeness (QED) is 0.885. The van der Waals surface area contributed by atoms with Gasteiger partial charge in [-0.05, 0) is 38.1 Å². The molecule has 1 amide bonds. The molecule has 1 fully saturated rings. The second-order valence-corrected chi connectivity index (χ2v) is 5.27. The maximum atomic E-state index is 12.1. The van der Waals surface area contributed by atoms with E-state index in [-0.39, 0.29) is 30.3 Å². The summed E-state index contributed by atoms with van der Waals surface area (Å²) in [5.41, 5.74) is 0. The largest absolute Gasteiger partial charge is 0.486 e. The van der Waals surface area contributed by atoms with Crippen LogP contribution in [0.1, 0.15) is 12.8 Å². The number of rotatable bonds is 3. The molecule has 1 unspecified atom stereocenters. The van der Waals surface area contributed by atoms with Gasteiger partial charge in [0.05, 0.1) is 6.54 Å². The van der Waals surface area contributed by atoms with E-state index < -0.39 is 0 Å². The number of carbonyl (C=O) groups is 1. The molecule has 0 radical (unpaired) electrons. The van der Waals surface area contributed by atoms with Crippen LogP contribution < -0.4 is 20.1 Å². The van der Waals surface area contributed by atoms with Crippen LogP contribution in [0.25, 0.3) is 0 Å². The lowest BCUT2D eigenvalue weighted by Gasteiger charge is -2.27. The van der Waals surface area contributed by atoms with E-state index in [1.165, 1.54) is 0 Å². The molecule has 0 saturated carbocycles. The van der Waals surface area contributed by atoms with Crippen LogP contribution in [0.5, 0.6) is 11.5 Å². The van der Waals surface area contributed by atoms with Crippen LogP contribution in [0, 0.1) is 5.92 Å². The predicted octanol–water partition coefficient (Wildman–Crippen LogP) is 1.36. The number of ether oxygens (including phenoxy) is 2. The average molecular weight is 313 g/mol. The summed E-state index contributed by atoms with van der Waals surface area (Å²) < 4.78 is 11.4. The Kier molecular flexibility index (Phi) is 5.70. The highest BCUT2D eigenvalue weighted by Crippen LogP contribution is 2.30. The Bertz CT molecular complexity index is 478. The van der Waals surface area contributed by atoms with Crippen LogP contribution in [0.3, 0.4) is 0 Å². The van der Waals surface area contributed by atoms with E-state index >= 15 is 0 Å². The van der Waals surface area contributed by atoms with Crippen molar-refractivity contribution in [1.82, 2.24) is 10.6 Å². The lowest BCUT2D eigenvalue weighted by atomic mass is 9.97. The SMILES string of the molecule is Cl.O=C(NCC1COc2ccccc2O1)C1CCNCC1. The Hall–Kier alpha value is -1.46. The van der Waals surface area contributed by atoms with Crippen molar-refractivity contribution in [3.8, 4) is 11.5 Å². The van der Waals surface area contributed by atoms with Gasteiger partial charge in [0.15, 0.2) is 11.5 Å². The average Bonchev–Trinajstić information content (AvgIpc) is 2.53. The van der Waals surface area contributed by atoms with Crippen molar-refractivity contribution in [2.24, 2.45) is 5.92 Å². The number of para-hydroxylation sites is 2. The molecular weight excluding hydrogens is 292 g/mol. The van der Waals surface area contributed by atoms with Gasteiger partial charge in [0, 0.05) is 5.92 Å². The topological polar surface area (TPSA) is 59.6 Å². The van der Waals surface area contributed by atoms with Crippen LogP contribution >= 0.6 is 12.4 Å². The molecule has 6 heteroatoms. The fraction of sp³-hybridized carbons (Fsp3) is 0.533. The van der Waals surface area contributed by atoms with Crippen molar-refractivity contribution in [3.63, 3.8) is 0 Å². The van der Waals surface area contributed by atoms with E-state index in [9.17, 15) is 4.79 Å². The first-order valence-electron chi connectivity index (χ1n) is 7.20. The maximum absolute atomic E-state index is 12.1. The molecule has 3 rings (SSSR count). The summed E-state index contributed by atoms with van der Waals surface area (Å²) in [6.07, 6.45) is 1.71. The monoisotopic (exact) mass is 312 g/mol. The molecule has 21 heavy (non-hydrogen) atoms. The van der Waals surface area contributed by atoms with Crippen LogP contribution in [0.2, 0.25) is 0 Å². The minimum absolute atomic E-state index is 0. The molecule has 2 aliphatic heterocycles. The highest BCUT2D eigenvalue weighted by molar-refractivity contribution is 5.85. The molecule has 1 aromatic rings. The van der Waals surface area contributed by atoms with Crippen LogP contribution in [-0.2, 0) is 4.79 Å². The van der Waals surface area contributed by atoms with Gasteiger partial charge in [-0.2, -0.15) is 0 Å². The van der Waals surface area contributed by atoms with Gasteiger partial charge in [-0.15, -0.1) is 12.4 Å². The first-order chi connectivity index (χ1) is 9.83. The van der Waals surface area contributed by atoms with Crippen molar-refractivity contribution >= 4 is 18.3 Å². The molecule has 2 aliphatic rings. The zero-order valence-corrected chi connectivity index (χ0v) is 12.7. The van der Waals surface area contributed by atoms with Crippen molar-refractivity contribution in [3.05, 3.63) is 24.3 Å². The number of halogens is 1. The fourth-order valence-electron chi connectivity index (χ4n) is 2.61. The summed E-state index contributed by atoms with van der Waals surface area (Å²) >= 11 is 0. The molecule has 1 saturated heterocycles. The molecule has 5 nitrogen and oxygen atoms in total. The zero-order valence-electron chi connectivity index (χ0n) is 11.8. The molecule has 1 aromatic carbocycles. The van der Waals surface area contributed by atoms with Crippen molar-refractivity contribution < 1.29 is 14.3 Å². The number of carbonyl (C=O) groups excluding carboxylic acids is 1. The minimum Gasteiger partial charge on any atom is -0.486 e. The third kappa shape index (κ3) is 4.02. The summed E-state index contributed by atoms with van der Waals surface area (Å²) in [4.78, 5) is 12.1. The lowest BCUT2D eigenvalue weighted by Crippen LogP contribution is -2.44. The molecule has 1 atom stereocenters. The number of hydrogen-bond acceptors (Lipinski definition) is 4. The fourth-order valence-corrected chi connectivity index (χ4v) is 2.61. The molecular formula is C15H21ClN2O3. The molecule has 0 aliphatic carbocycles. The van der Waals surface area contributed by atoms with Crippen molar-refractivity contribution in [2.45, 2.75) is 18.9 Å². The zero-order chi connectivity index (χ0) is 13.8. The summed E-state index contributed by atoms with van der Waals surface area (Å²) in [6.45, 7) is 2.82. The smallest absolute Gasteiger partial charge is 0.223 e. The number of fused-ring (bicyclic) bond motifs is 1. The van der Waals surface area contributed by atoms with E-state index in [2.05, 4.69) is 10.6 Å². The van der Waals surface area contributed by atoms with Gasteiger partial charge in [-0.3, -0.25) is 4.79 Å². The summed E-state index contributed by atoms with van der Waals surface area (Å²) in [7, 11) is 0. The Morgan fingerprint density at radius 3 is 2.71 bits per heavy atom. The number of hydrogen-bond donors (Lipinski definition) is 2. The summed E-state index contributed by atoms with van der Waals surface area (Å²) in [5.74, 6) is 1.79. The highest BCUT2D eigenvalue weighted by atomic mass is 35.5. The van der Waals surface area contributed by atoms with E-state index in [0.717, 1.165) is 37.4 Å². The van der Waals surface area contributed by atoms with Gasteiger partial charge in [0.1, 0.15) is 12.7 Å². The Labute approximate surface area is 130 Å². The first-order valence-corrected chi connectivity index (χ1v) is 7.20. The molecule has 0 bridgehead atoms. The van der Waals surface area contributed by atoms with Gasteiger partial charge in [-0.1, -0.05) is 12.1 Å². The Morgan fingerprint density at radius 2 is 1.95 bits per heavy atom. The number of amides is 1. The van der Waals surface area contributed by atoms with Gasteiger partial charge < -0.3 is 20.1 Å². The van der Waals surface area contributed by atoms with Crippen molar-refractivity contribution in [1.29, 1.82) is 0 Å². The standard InChI is InChI=1S/C15H20N2O3.ClH/c18-15(11-5-7-16-8-6-11)17-9-12-10-19-13-3-1-2-4-14(13)20-12;/h1-4,11-12,16H,5-10H2,(H,17,18);1H. The Morgan fingerprint density at radius 1 is 1.24 bits per heavy atom. The van der Waals surface area contributed by atoms with E-state index in [1.807, 2.05) is 24.3 Å². The molecule has 2 heterocycles. The number of nitrogens with one attached hydrogen (secondary N) is 2. The second kappa shape index (κ2) is 7.52. The number of benzene rings is 1. The Balaban J connectivity index is 0.00000161. The van der Waals surface area contributed by atoms with E-state index in [4.69, 9.17) is 9.47 Å². The third-order valence-corrected chi connectivity index (χ3v) is 3.78. The molecule has 116 valence electrons.